The molecule has 15 nitrogen and oxygen atoms in total. The summed E-state index contributed by atoms with van der Waals surface area (Å²) in [7, 11) is 0. The Bertz CT molecular complexity index is 1910. The molecule has 0 spiro atoms. The van der Waals surface area contributed by atoms with Crippen molar-refractivity contribution in [3.63, 3.8) is 0 Å². The summed E-state index contributed by atoms with van der Waals surface area (Å²) >= 11 is 6.98. The Kier molecular flexibility index (Phi) is 12.1. The van der Waals surface area contributed by atoms with Crippen LogP contribution in [0.1, 0.15) is 66.7 Å². The van der Waals surface area contributed by atoms with Gasteiger partial charge in [0.15, 0.2) is 0 Å². The minimum Gasteiger partial charge on any atom is -0.491 e. The van der Waals surface area contributed by atoms with Crippen LogP contribution in [0.2, 0.25) is 5.02 Å². The highest BCUT2D eigenvalue weighted by Gasteiger charge is 2.61. The monoisotopic (exact) mass is 824 g/mol. The molecule has 2 saturated heterocycles. The van der Waals surface area contributed by atoms with Crippen LogP contribution in [0.3, 0.4) is 0 Å². The number of carboxylic acid groups (broad SMARTS) is 1. The molecular weight excluding hydrogens is 768 g/mol. The van der Waals surface area contributed by atoms with Crippen molar-refractivity contribution in [2.24, 2.45) is 23.2 Å². The van der Waals surface area contributed by atoms with Crippen molar-refractivity contribution >= 4 is 52.2 Å². The van der Waals surface area contributed by atoms with Gasteiger partial charge in [0, 0.05) is 49.5 Å². The van der Waals surface area contributed by atoms with Gasteiger partial charge in [0.25, 0.3) is 0 Å². The molecule has 8 atom stereocenters. The van der Waals surface area contributed by atoms with Gasteiger partial charge in [-0.25, -0.2) is 14.6 Å². The Morgan fingerprint density at radius 1 is 1.09 bits per heavy atom. The summed E-state index contributed by atoms with van der Waals surface area (Å²) in [6.45, 7) is 17.4. The van der Waals surface area contributed by atoms with Crippen LogP contribution in [-0.2, 0) is 23.9 Å². The molecule has 2 aliphatic heterocycles. The summed E-state index contributed by atoms with van der Waals surface area (Å²) in [4.78, 5) is 63.0. The molecule has 0 radical (unpaired) electrons. The number of hydrogen-bond acceptors (Lipinski definition) is 11. The number of carbonyl (C=O) groups excluding carboxylic acids is 3. The third-order valence-electron chi connectivity index (χ3n) is 12.1. The van der Waals surface area contributed by atoms with Crippen LogP contribution in [0.4, 0.5) is 10.6 Å². The summed E-state index contributed by atoms with van der Waals surface area (Å²) in [5.41, 5.74) is -1.84. The number of likely N-dealkylation sites (tertiary alicyclic amines) is 1. The van der Waals surface area contributed by atoms with Gasteiger partial charge in [-0.1, -0.05) is 38.4 Å². The molecule has 1 aromatic carbocycles. The van der Waals surface area contributed by atoms with Crippen LogP contribution in [0.5, 0.6) is 11.5 Å². The Labute approximate surface area is 344 Å². The van der Waals surface area contributed by atoms with Crippen LogP contribution in [0.15, 0.2) is 30.9 Å². The highest BCUT2D eigenvalue weighted by molar-refractivity contribution is 6.36. The molecule has 58 heavy (non-hydrogen) atoms. The first-order valence-electron chi connectivity index (χ1n) is 20.5. The smallest absolute Gasteiger partial charge is 0.408 e. The molecule has 5 fully saturated rings. The molecule has 316 valence electrons. The Morgan fingerprint density at radius 2 is 1.81 bits per heavy atom. The van der Waals surface area contributed by atoms with E-state index in [1.54, 1.807) is 12.1 Å². The number of aliphatic carboxylic acids is 1. The predicted octanol–water partition coefficient (Wildman–Crippen LogP) is 4.85. The number of rotatable bonds is 15. The zero-order valence-electron chi connectivity index (χ0n) is 34.1. The minimum atomic E-state index is -1.52. The van der Waals surface area contributed by atoms with Gasteiger partial charge < -0.3 is 44.9 Å². The maximum atomic E-state index is 14.7. The van der Waals surface area contributed by atoms with Gasteiger partial charge in [-0.2, -0.15) is 0 Å². The third-order valence-corrected chi connectivity index (χ3v) is 12.4. The van der Waals surface area contributed by atoms with Crippen molar-refractivity contribution in [2.75, 3.05) is 51.3 Å². The van der Waals surface area contributed by atoms with Crippen LogP contribution in [-0.4, -0.2) is 126 Å². The summed E-state index contributed by atoms with van der Waals surface area (Å²) in [5.74, 6) is -0.153. The third kappa shape index (κ3) is 9.11. The summed E-state index contributed by atoms with van der Waals surface area (Å²) < 4.78 is 24.0. The highest BCUT2D eigenvalue weighted by atomic mass is 35.5. The second kappa shape index (κ2) is 16.7. The van der Waals surface area contributed by atoms with Crippen molar-refractivity contribution in [1.29, 1.82) is 0 Å². The second-order valence-corrected chi connectivity index (χ2v) is 18.3. The number of pyridine rings is 1. The molecule has 1 aromatic heterocycles. The number of nitrogens with one attached hydrogen (secondary N) is 3. The molecule has 16 heteroatoms. The largest absolute Gasteiger partial charge is 0.491 e. The highest BCUT2D eigenvalue weighted by Crippen LogP contribution is 2.52. The number of anilines is 1. The van der Waals surface area contributed by atoms with E-state index in [0.717, 1.165) is 32.5 Å². The number of aromatic nitrogens is 1. The molecule has 3 amide bonds. The predicted molar refractivity (Wildman–Crippen MR) is 217 cm³/mol. The van der Waals surface area contributed by atoms with Gasteiger partial charge in [0.05, 0.1) is 25.3 Å². The SMILES string of the molecule is C=C[C@@H]1C[C@]1(NC(=O)[C@@H]1C[C@@H](Oc2cc(NC(C)C)nc3c(Cl)c(OCCN4CCOCC4)ccc23)CN1C(=O)[C@@H](NC(=O)O[C@@H]1C[C@@H]2C[C@@H]2C1)C(C)(C)C)C(=O)O. The van der Waals surface area contributed by atoms with E-state index in [9.17, 15) is 24.3 Å². The van der Waals surface area contributed by atoms with E-state index in [2.05, 4.69) is 27.4 Å². The number of morpholine rings is 1. The number of alkyl carbamates (subject to hydrolysis) is 1. The van der Waals surface area contributed by atoms with Crippen LogP contribution in [0, 0.1) is 23.2 Å². The summed E-state index contributed by atoms with van der Waals surface area (Å²) in [6, 6.07) is 3.21. The Morgan fingerprint density at radius 3 is 2.45 bits per heavy atom. The van der Waals surface area contributed by atoms with Crippen molar-refractivity contribution < 1.29 is 43.2 Å². The number of amides is 3. The molecule has 3 heterocycles. The zero-order chi connectivity index (χ0) is 41.5. The molecule has 4 N–H and O–H groups in total. The molecule has 0 bridgehead atoms. The van der Waals surface area contributed by atoms with Gasteiger partial charge >= 0.3 is 12.1 Å². The Balaban J connectivity index is 1.14. The fourth-order valence-electron chi connectivity index (χ4n) is 8.64. The van der Waals surface area contributed by atoms with Gasteiger partial charge in [-0.05, 0) is 68.9 Å². The number of carbonyl (C=O) groups is 4. The maximum absolute atomic E-state index is 14.7. The van der Waals surface area contributed by atoms with E-state index < -0.39 is 58.9 Å². The summed E-state index contributed by atoms with van der Waals surface area (Å²) in [6.07, 6.45) is 2.98. The van der Waals surface area contributed by atoms with Gasteiger partial charge in [0.1, 0.15) is 58.8 Å². The number of nitrogens with zero attached hydrogens (tertiary/aromatic N) is 3. The number of halogens is 1. The van der Waals surface area contributed by atoms with Crippen molar-refractivity contribution in [2.45, 2.75) is 103 Å². The lowest BCUT2D eigenvalue weighted by Crippen LogP contribution is -2.59. The van der Waals surface area contributed by atoms with E-state index in [1.165, 1.54) is 17.4 Å². The normalized spacial score (nSPS) is 28.4. The van der Waals surface area contributed by atoms with Crippen LogP contribution in [0.25, 0.3) is 10.9 Å². The lowest BCUT2D eigenvalue weighted by atomic mass is 9.85. The molecule has 0 unspecified atom stereocenters. The number of ether oxygens (including phenoxy) is 4. The zero-order valence-corrected chi connectivity index (χ0v) is 34.8. The van der Waals surface area contributed by atoms with E-state index in [4.69, 9.17) is 35.5 Å². The first-order chi connectivity index (χ1) is 27.6. The first-order valence-corrected chi connectivity index (χ1v) is 20.9. The molecule has 3 saturated carbocycles. The van der Waals surface area contributed by atoms with Gasteiger partial charge in [0.2, 0.25) is 11.8 Å². The van der Waals surface area contributed by atoms with Crippen LogP contribution >= 0.6 is 11.6 Å². The topological polar surface area (TPSA) is 181 Å². The molecule has 2 aromatic rings. The van der Waals surface area contributed by atoms with Crippen molar-refractivity contribution in [3.05, 3.63) is 35.9 Å². The van der Waals surface area contributed by atoms with Gasteiger partial charge in [-0.15, -0.1) is 6.58 Å². The lowest BCUT2D eigenvalue weighted by Gasteiger charge is -2.35. The summed E-state index contributed by atoms with van der Waals surface area (Å²) in [5, 5.41) is 19.9. The standard InChI is InChI=1S/C42H57ClN6O9/c1-7-26-21-42(26,39(52)53)47-37(50)30-19-28(22-49(30)38(51)36(41(4,5)6)46-40(54)58-27-17-24-16-25(24)18-27)57-32-20-33(44-23(2)3)45-35-29(32)8-9-31(34(35)43)56-15-12-48-10-13-55-14-11-48/h7-9,20,23-28,30,36H,1,10-19,21-22H2,2-6H3,(H,44,45)(H,46,54)(H,47,50)(H,52,53)/t24-,25+,26-,27+,28-,30+,36-,42-/m1/s1. The molecular formula is C42H57ClN6O9. The van der Waals surface area contributed by atoms with Crippen LogP contribution < -0.4 is 25.4 Å². The fourth-order valence-corrected chi connectivity index (χ4v) is 8.91. The van der Waals surface area contributed by atoms with Gasteiger partial charge in [-0.3, -0.25) is 14.5 Å². The maximum Gasteiger partial charge on any atom is 0.408 e. The van der Waals surface area contributed by atoms with E-state index >= 15 is 0 Å². The first kappa shape index (κ1) is 41.8. The minimum absolute atomic E-state index is 0.0217. The van der Waals surface area contributed by atoms with Crippen molar-refractivity contribution in [3.8, 4) is 11.5 Å². The van der Waals surface area contributed by atoms with E-state index in [-0.39, 0.29) is 31.5 Å². The lowest BCUT2D eigenvalue weighted by molar-refractivity contribution is -0.146. The fraction of sp³-hybridized carbons (Fsp3) is 0.643. The Hall–Kier alpha value is -4.34. The average Bonchev–Trinajstić information content (AvgIpc) is 3.98. The number of benzene rings is 1. The van der Waals surface area contributed by atoms with E-state index in [1.807, 2.05) is 40.7 Å². The second-order valence-electron chi connectivity index (χ2n) is 17.9. The number of fused-ring (bicyclic) bond motifs is 2. The molecule has 5 aliphatic rings. The average molecular weight is 825 g/mol. The van der Waals surface area contributed by atoms with E-state index in [0.29, 0.717) is 64.9 Å². The number of carboxylic acids is 1. The quantitative estimate of drug-likeness (QED) is 0.180. The number of hydrogen-bond donors (Lipinski definition) is 4. The molecule has 7 rings (SSSR count). The molecule has 3 aliphatic carbocycles. The van der Waals surface area contributed by atoms with Crippen molar-refractivity contribution in [1.82, 2.24) is 25.4 Å².